The molecule has 0 N–H and O–H groups in total. The Labute approximate surface area is 110 Å². The third-order valence-electron chi connectivity index (χ3n) is 3.04. The molecule has 94 valence electrons. The molecular weight excluding hydrogens is 285 g/mol. The van der Waals surface area contributed by atoms with Crippen molar-refractivity contribution in [1.29, 1.82) is 0 Å². The van der Waals surface area contributed by atoms with Crippen LogP contribution in [0.4, 0.5) is 4.39 Å². The maximum atomic E-state index is 13.6. The first kappa shape index (κ1) is 12.8. The van der Waals surface area contributed by atoms with E-state index in [4.69, 9.17) is 4.74 Å². The fourth-order valence-corrected chi connectivity index (χ4v) is 2.44. The Bertz CT molecular complexity index is 382. The summed E-state index contributed by atoms with van der Waals surface area (Å²) in [5, 5.41) is 0.960. The molecule has 0 aromatic heterocycles. The lowest BCUT2D eigenvalue weighted by Crippen LogP contribution is -2.27. The summed E-state index contributed by atoms with van der Waals surface area (Å²) in [5.41, 5.74) is 1.01. The van der Waals surface area contributed by atoms with E-state index in [-0.39, 0.29) is 5.82 Å². The molecule has 0 spiro atoms. The molecule has 0 heterocycles. The van der Waals surface area contributed by atoms with Gasteiger partial charge in [0.25, 0.3) is 0 Å². The standard InChI is InChI=1S/C13H17BrFNO/c1-17-13-5-2-10(8-12(13)15)9-16(7-6-14)11-3-4-11/h2,5,8,11H,3-4,6-7,9H2,1H3. The number of benzene rings is 1. The van der Waals surface area contributed by atoms with Crippen LogP contribution >= 0.6 is 15.9 Å². The van der Waals surface area contributed by atoms with Gasteiger partial charge in [0, 0.05) is 24.5 Å². The average Bonchev–Trinajstić information content (AvgIpc) is 3.12. The molecule has 0 unspecified atom stereocenters. The average molecular weight is 302 g/mol. The summed E-state index contributed by atoms with van der Waals surface area (Å²) >= 11 is 3.46. The van der Waals surface area contributed by atoms with Crippen molar-refractivity contribution in [3.05, 3.63) is 29.6 Å². The molecule has 0 aliphatic heterocycles. The van der Waals surface area contributed by atoms with E-state index in [1.807, 2.05) is 6.07 Å². The molecule has 1 aromatic rings. The van der Waals surface area contributed by atoms with Gasteiger partial charge >= 0.3 is 0 Å². The van der Waals surface area contributed by atoms with Crippen LogP contribution in [0.25, 0.3) is 0 Å². The Morgan fingerprint density at radius 3 is 2.76 bits per heavy atom. The minimum absolute atomic E-state index is 0.278. The molecule has 4 heteroatoms. The SMILES string of the molecule is COc1ccc(CN(CCBr)C2CC2)cc1F. The molecule has 0 bridgehead atoms. The van der Waals surface area contributed by atoms with Crippen molar-refractivity contribution in [2.45, 2.75) is 25.4 Å². The predicted molar refractivity (Wildman–Crippen MR) is 70.2 cm³/mol. The van der Waals surface area contributed by atoms with Gasteiger partial charge in [-0.15, -0.1) is 0 Å². The Hall–Kier alpha value is -0.610. The highest BCUT2D eigenvalue weighted by Gasteiger charge is 2.28. The molecule has 1 aliphatic rings. The molecule has 0 amide bonds. The largest absolute Gasteiger partial charge is 0.494 e. The van der Waals surface area contributed by atoms with Crippen LogP contribution in [0.15, 0.2) is 18.2 Å². The van der Waals surface area contributed by atoms with Gasteiger partial charge in [0.2, 0.25) is 0 Å². The smallest absolute Gasteiger partial charge is 0.165 e. The Morgan fingerprint density at radius 1 is 1.47 bits per heavy atom. The Kier molecular flexibility index (Phi) is 4.40. The van der Waals surface area contributed by atoms with E-state index < -0.39 is 0 Å². The van der Waals surface area contributed by atoms with Crippen LogP contribution in [0, 0.1) is 5.82 Å². The van der Waals surface area contributed by atoms with Gasteiger partial charge in [-0.2, -0.15) is 0 Å². The number of methoxy groups -OCH3 is 1. The second-order valence-corrected chi connectivity index (χ2v) is 5.15. The molecule has 2 rings (SSSR count). The summed E-state index contributed by atoms with van der Waals surface area (Å²) in [7, 11) is 1.49. The van der Waals surface area contributed by atoms with E-state index in [9.17, 15) is 4.39 Å². The van der Waals surface area contributed by atoms with Gasteiger partial charge in [-0.25, -0.2) is 4.39 Å². The van der Waals surface area contributed by atoms with E-state index in [2.05, 4.69) is 20.8 Å². The second-order valence-electron chi connectivity index (χ2n) is 4.36. The van der Waals surface area contributed by atoms with Crippen LogP contribution in [0.1, 0.15) is 18.4 Å². The molecule has 0 atom stereocenters. The number of halogens is 2. The molecule has 0 saturated heterocycles. The highest BCUT2D eigenvalue weighted by atomic mass is 79.9. The Balaban J connectivity index is 2.03. The molecule has 0 radical (unpaired) electrons. The summed E-state index contributed by atoms with van der Waals surface area (Å²) in [4.78, 5) is 2.40. The molecule has 2 nitrogen and oxygen atoms in total. The van der Waals surface area contributed by atoms with Gasteiger partial charge in [-0.05, 0) is 30.5 Å². The summed E-state index contributed by atoms with van der Waals surface area (Å²) in [5.74, 6) is 0.0341. The Morgan fingerprint density at radius 2 is 2.24 bits per heavy atom. The molecule has 1 aliphatic carbocycles. The van der Waals surface area contributed by atoms with Crippen LogP contribution in [0.3, 0.4) is 0 Å². The first-order chi connectivity index (χ1) is 8.24. The highest BCUT2D eigenvalue weighted by Crippen LogP contribution is 2.29. The van der Waals surface area contributed by atoms with E-state index in [0.29, 0.717) is 11.8 Å². The molecule has 17 heavy (non-hydrogen) atoms. The van der Waals surface area contributed by atoms with Crippen molar-refractivity contribution in [2.75, 3.05) is 19.0 Å². The van der Waals surface area contributed by atoms with E-state index in [0.717, 1.165) is 24.0 Å². The summed E-state index contributed by atoms with van der Waals surface area (Å²) in [6, 6.07) is 5.90. The van der Waals surface area contributed by atoms with E-state index >= 15 is 0 Å². The number of rotatable bonds is 6. The number of alkyl halides is 1. The number of hydrogen-bond donors (Lipinski definition) is 0. The van der Waals surface area contributed by atoms with Crippen molar-refractivity contribution >= 4 is 15.9 Å². The lowest BCUT2D eigenvalue weighted by Gasteiger charge is -2.21. The van der Waals surface area contributed by atoms with Crippen LogP contribution in [0.2, 0.25) is 0 Å². The minimum atomic E-state index is -0.278. The van der Waals surface area contributed by atoms with Crippen molar-refractivity contribution < 1.29 is 9.13 Å². The van der Waals surface area contributed by atoms with E-state index in [1.54, 1.807) is 12.1 Å². The van der Waals surface area contributed by atoms with Crippen molar-refractivity contribution in [3.8, 4) is 5.75 Å². The van der Waals surface area contributed by atoms with Gasteiger partial charge in [0.05, 0.1) is 7.11 Å². The third-order valence-corrected chi connectivity index (χ3v) is 3.39. The topological polar surface area (TPSA) is 12.5 Å². The normalized spacial score (nSPS) is 15.3. The predicted octanol–water partition coefficient (Wildman–Crippen LogP) is 3.19. The van der Waals surface area contributed by atoms with Crippen LogP contribution in [0.5, 0.6) is 5.75 Å². The molecule has 1 aromatic carbocycles. The van der Waals surface area contributed by atoms with Crippen molar-refractivity contribution in [1.82, 2.24) is 4.90 Å². The van der Waals surface area contributed by atoms with Crippen molar-refractivity contribution in [2.24, 2.45) is 0 Å². The van der Waals surface area contributed by atoms with Crippen LogP contribution in [-0.2, 0) is 6.54 Å². The lowest BCUT2D eigenvalue weighted by molar-refractivity contribution is 0.271. The summed E-state index contributed by atoms with van der Waals surface area (Å²) in [6.07, 6.45) is 2.54. The molecule has 1 saturated carbocycles. The minimum Gasteiger partial charge on any atom is -0.494 e. The summed E-state index contributed by atoms with van der Waals surface area (Å²) < 4.78 is 18.5. The lowest BCUT2D eigenvalue weighted by atomic mass is 10.2. The summed E-state index contributed by atoms with van der Waals surface area (Å²) in [6.45, 7) is 1.83. The van der Waals surface area contributed by atoms with Gasteiger partial charge in [0.15, 0.2) is 11.6 Å². The fraction of sp³-hybridized carbons (Fsp3) is 0.538. The fourth-order valence-electron chi connectivity index (χ4n) is 1.98. The molecular formula is C13H17BrFNO. The second kappa shape index (κ2) is 5.83. The van der Waals surface area contributed by atoms with Gasteiger partial charge in [-0.3, -0.25) is 4.90 Å². The van der Waals surface area contributed by atoms with Crippen LogP contribution in [-0.4, -0.2) is 29.9 Å². The number of hydrogen-bond acceptors (Lipinski definition) is 2. The first-order valence-electron chi connectivity index (χ1n) is 5.87. The third kappa shape index (κ3) is 3.42. The van der Waals surface area contributed by atoms with Gasteiger partial charge in [0.1, 0.15) is 0 Å². The van der Waals surface area contributed by atoms with Crippen molar-refractivity contribution in [3.63, 3.8) is 0 Å². The zero-order valence-corrected chi connectivity index (χ0v) is 11.5. The van der Waals surface area contributed by atoms with Crippen LogP contribution < -0.4 is 4.74 Å². The molecule has 1 fully saturated rings. The maximum Gasteiger partial charge on any atom is 0.165 e. The number of nitrogens with zero attached hydrogens (tertiary/aromatic N) is 1. The van der Waals surface area contributed by atoms with Gasteiger partial charge in [-0.1, -0.05) is 22.0 Å². The zero-order valence-electron chi connectivity index (χ0n) is 9.96. The highest BCUT2D eigenvalue weighted by molar-refractivity contribution is 9.09. The zero-order chi connectivity index (χ0) is 12.3. The van der Waals surface area contributed by atoms with E-state index in [1.165, 1.54) is 20.0 Å². The maximum absolute atomic E-state index is 13.6. The number of ether oxygens (including phenoxy) is 1. The van der Waals surface area contributed by atoms with Gasteiger partial charge < -0.3 is 4.74 Å². The first-order valence-corrected chi connectivity index (χ1v) is 6.99. The monoisotopic (exact) mass is 301 g/mol. The quantitative estimate of drug-likeness (QED) is 0.748.